The largest absolute Gasteiger partial charge is 0.466 e. The molecule has 162 valence electrons. The number of aromatic nitrogens is 1. The fourth-order valence-electron chi connectivity index (χ4n) is 4.00. The van der Waals surface area contributed by atoms with E-state index in [1.807, 2.05) is 19.2 Å². The van der Waals surface area contributed by atoms with Gasteiger partial charge in [0.25, 0.3) is 0 Å². The fraction of sp³-hybridized carbons (Fsp3) is 0.667. The highest BCUT2D eigenvalue weighted by Gasteiger charge is 2.28. The zero-order chi connectivity index (χ0) is 19.8. The minimum absolute atomic E-state index is 0. The molecular formula is C21H34IN5O2. The average molecular weight is 515 g/mol. The Bertz CT molecular complexity index is 679. The molecule has 0 aromatic carbocycles. The highest BCUT2D eigenvalue weighted by molar-refractivity contribution is 14.0. The fourth-order valence-corrected chi connectivity index (χ4v) is 4.00. The molecule has 1 atom stereocenters. The third-order valence-electron chi connectivity index (χ3n) is 5.49. The van der Waals surface area contributed by atoms with Crippen LogP contribution in [-0.2, 0) is 16.1 Å². The van der Waals surface area contributed by atoms with Crippen LogP contribution in [0.25, 0.3) is 0 Å². The third-order valence-corrected chi connectivity index (χ3v) is 5.49. The number of guanidine groups is 1. The number of ether oxygens (including phenoxy) is 1. The summed E-state index contributed by atoms with van der Waals surface area (Å²) in [6.07, 6.45) is 7.55. The van der Waals surface area contributed by atoms with Crippen LogP contribution in [0.2, 0.25) is 0 Å². The zero-order valence-corrected chi connectivity index (χ0v) is 19.9. The van der Waals surface area contributed by atoms with Gasteiger partial charge in [-0.05, 0) is 56.7 Å². The lowest BCUT2D eigenvalue weighted by Gasteiger charge is -2.34. The molecule has 2 saturated heterocycles. The van der Waals surface area contributed by atoms with E-state index in [0.29, 0.717) is 19.7 Å². The van der Waals surface area contributed by atoms with Crippen molar-refractivity contribution in [2.45, 2.75) is 45.6 Å². The Kier molecular flexibility index (Phi) is 9.96. The second kappa shape index (κ2) is 12.2. The summed E-state index contributed by atoms with van der Waals surface area (Å²) in [6, 6.07) is 4.22. The van der Waals surface area contributed by atoms with Crippen molar-refractivity contribution in [2.75, 3.05) is 44.7 Å². The smallest absolute Gasteiger partial charge is 0.310 e. The van der Waals surface area contributed by atoms with Crippen LogP contribution in [0.4, 0.5) is 5.82 Å². The standard InChI is InChI=1S/C21H33N5O2.HI/c1-3-28-20(27)18-8-7-13-26(16-18)21(22-2)24-15-17-9-10-23-19(14-17)25-11-5-4-6-12-25;/h9-10,14,18H,3-8,11-13,15-16H2,1-2H3,(H,22,24);1H. The van der Waals surface area contributed by atoms with E-state index < -0.39 is 0 Å². The monoisotopic (exact) mass is 515 g/mol. The summed E-state index contributed by atoms with van der Waals surface area (Å²) in [5.41, 5.74) is 1.19. The number of carbonyl (C=O) groups excluding carboxylic acids is 1. The molecule has 0 bridgehead atoms. The van der Waals surface area contributed by atoms with Crippen LogP contribution in [0.3, 0.4) is 0 Å². The molecule has 7 nitrogen and oxygen atoms in total. The molecule has 0 amide bonds. The Morgan fingerprint density at radius 3 is 2.79 bits per heavy atom. The van der Waals surface area contributed by atoms with Gasteiger partial charge in [-0.1, -0.05) is 0 Å². The van der Waals surface area contributed by atoms with Gasteiger partial charge in [0.05, 0.1) is 12.5 Å². The maximum Gasteiger partial charge on any atom is 0.310 e. The van der Waals surface area contributed by atoms with Crippen molar-refractivity contribution in [3.63, 3.8) is 0 Å². The van der Waals surface area contributed by atoms with Gasteiger partial charge in [-0.25, -0.2) is 4.98 Å². The van der Waals surface area contributed by atoms with Crippen LogP contribution in [0.1, 0.15) is 44.6 Å². The maximum atomic E-state index is 12.1. The van der Waals surface area contributed by atoms with Gasteiger partial charge in [0.1, 0.15) is 5.82 Å². The second-order valence-corrected chi connectivity index (χ2v) is 7.51. The third kappa shape index (κ3) is 6.72. The lowest BCUT2D eigenvalue weighted by molar-refractivity contribution is -0.149. The molecule has 0 radical (unpaired) electrons. The van der Waals surface area contributed by atoms with Crippen molar-refractivity contribution in [2.24, 2.45) is 10.9 Å². The van der Waals surface area contributed by atoms with Gasteiger partial charge in [-0.2, -0.15) is 0 Å². The molecule has 3 rings (SSSR count). The molecule has 1 unspecified atom stereocenters. The predicted octanol–water partition coefficient (Wildman–Crippen LogP) is 3.04. The minimum atomic E-state index is -0.0945. The molecule has 1 aromatic rings. The number of likely N-dealkylation sites (tertiary alicyclic amines) is 1. The summed E-state index contributed by atoms with van der Waals surface area (Å²) in [4.78, 5) is 25.6. The summed E-state index contributed by atoms with van der Waals surface area (Å²) in [5, 5.41) is 3.45. The topological polar surface area (TPSA) is 70.1 Å². The Labute approximate surface area is 191 Å². The Hall–Kier alpha value is -1.58. The molecule has 29 heavy (non-hydrogen) atoms. The summed E-state index contributed by atoms with van der Waals surface area (Å²) < 4.78 is 5.21. The number of nitrogens with one attached hydrogen (secondary N) is 1. The van der Waals surface area contributed by atoms with Gasteiger partial charge in [-0.15, -0.1) is 24.0 Å². The van der Waals surface area contributed by atoms with Gasteiger partial charge in [0.15, 0.2) is 5.96 Å². The van der Waals surface area contributed by atoms with Crippen molar-refractivity contribution in [3.8, 4) is 0 Å². The van der Waals surface area contributed by atoms with Crippen molar-refractivity contribution in [1.82, 2.24) is 15.2 Å². The number of carbonyl (C=O) groups is 1. The van der Waals surface area contributed by atoms with Crippen LogP contribution in [0.5, 0.6) is 0 Å². The van der Waals surface area contributed by atoms with E-state index in [1.54, 1.807) is 7.05 Å². The van der Waals surface area contributed by atoms with E-state index in [9.17, 15) is 4.79 Å². The number of pyridine rings is 1. The molecular weight excluding hydrogens is 481 g/mol. The highest BCUT2D eigenvalue weighted by Crippen LogP contribution is 2.20. The Balaban J connectivity index is 0.00000300. The number of nitrogens with zero attached hydrogens (tertiary/aromatic N) is 4. The first-order chi connectivity index (χ1) is 13.7. The van der Waals surface area contributed by atoms with E-state index >= 15 is 0 Å². The maximum absolute atomic E-state index is 12.1. The number of aliphatic imine (C=N–C) groups is 1. The molecule has 2 aliphatic rings. The van der Waals surface area contributed by atoms with E-state index in [-0.39, 0.29) is 35.9 Å². The first kappa shape index (κ1) is 23.7. The van der Waals surface area contributed by atoms with E-state index in [2.05, 4.69) is 31.2 Å². The average Bonchev–Trinajstić information content (AvgIpc) is 2.75. The quantitative estimate of drug-likeness (QED) is 0.282. The van der Waals surface area contributed by atoms with Crippen LogP contribution in [0.15, 0.2) is 23.3 Å². The van der Waals surface area contributed by atoms with Gasteiger partial charge >= 0.3 is 5.97 Å². The first-order valence-corrected chi connectivity index (χ1v) is 10.5. The Morgan fingerprint density at radius 2 is 2.07 bits per heavy atom. The lowest BCUT2D eigenvalue weighted by Crippen LogP contribution is -2.48. The molecule has 0 spiro atoms. The molecule has 1 aromatic heterocycles. The zero-order valence-electron chi connectivity index (χ0n) is 17.6. The number of rotatable bonds is 5. The van der Waals surface area contributed by atoms with Crippen molar-refractivity contribution < 1.29 is 9.53 Å². The normalized spacial score (nSPS) is 20.1. The number of halogens is 1. The van der Waals surface area contributed by atoms with E-state index in [0.717, 1.165) is 44.3 Å². The summed E-state index contributed by atoms with van der Waals surface area (Å²) in [7, 11) is 1.79. The minimum Gasteiger partial charge on any atom is -0.466 e. The lowest BCUT2D eigenvalue weighted by atomic mass is 9.98. The second-order valence-electron chi connectivity index (χ2n) is 7.51. The summed E-state index contributed by atoms with van der Waals surface area (Å²) >= 11 is 0. The van der Waals surface area contributed by atoms with Crippen LogP contribution in [-0.4, -0.2) is 61.6 Å². The molecule has 3 heterocycles. The van der Waals surface area contributed by atoms with Gasteiger partial charge < -0.3 is 19.9 Å². The van der Waals surface area contributed by atoms with Crippen molar-refractivity contribution in [3.05, 3.63) is 23.9 Å². The van der Waals surface area contributed by atoms with Crippen LogP contribution in [0, 0.1) is 5.92 Å². The highest BCUT2D eigenvalue weighted by atomic mass is 127. The van der Waals surface area contributed by atoms with E-state index in [1.165, 1.54) is 24.8 Å². The van der Waals surface area contributed by atoms with Crippen molar-refractivity contribution >= 4 is 41.7 Å². The first-order valence-electron chi connectivity index (χ1n) is 10.5. The number of piperidine rings is 2. The Morgan fingerprint density at radius 1 is 1.28 bits per heavy atom. The molecule has 0 aliphatic carbocycles. The SMILES string of the molecule is CCOC(=O)C1CCCN(C(=NC)NCc2ccnc(N3CCCCC3)c2)C1.I. The number of anilines is 1. The number of hydrogen-bond donors (Lipinski definition) is 1. The predicted molar refractivity (Wildman–Crippen MR) is 127 cm³/mol. The molecule has 2 fully saturated rings. The molecule has 1 N–H and O–H groups in total. The summed E-state index contributed by atoms with van der Waals surface area (Å²) in [6.45, 7) is 6.73. The number of esters is 1. The van der Waals surface area contributed by atoms with Crippen LogP contribution >= 0.6 is 24.0 Å². The van der Waals surface area contributed by atoms with Gasteiger partial charge in [0, 0.05) is 46.0 Å². The molecule has 2 aliphatic heterocycles. The van der Waals surface area contributed by atoms with E-state index in [4.69, 9.17) is 4.74 Å². The number of hydrogen-bond acceptors (Lipinski definition) is 5. The molecule has 0 saturated carbocycles. The summed E-state index contributed by atoms with van der Waals surface area (Å²) in [5.74, 6) is 1.74. The van der Waals surface area contributed by atoms with Gasteiger partial charge in [0.2, 0.25) is 0 Å². The van der Waals surface area contributed by atoms with Gasteiger partial charge in [-0.3, -0.25) is 9.79 Å². The van der Waals surface area contributed by atoms with Crippen LogP contribution < -0.4 is 10.2 Å². The molecule has 8 heteroatoms. The van der Waals surface area contributed by atoms with Crippen molar-refractivity contribution in [1.29, 1.82) is 0 Å².